The number of nitrogens with zero attached hydrogens (tertiary/aromatic N) is 2. The van der Waals surface area contributed by atoms with Gasteiger partial charge in [0.05, 0.1) is 11.3 Å². The summed E-state index contributed by atoms with van der Waals surface area (Å²) in [5.74, 6) is -0.901. The minimum absolute atomic E-state index is 0.0397. The molecule has 0 bridgehead atoms. The van der Waals surface area contributed by atoms with E-state index in [2.05, 4.69) is 10.3 Å². The molecule has 2 N–H and O–H groups in total. The largest absolute Gasteiger partial charge is 0.481 e. The molecule has 30 heavy (non-hydrogen) atoms. The maximum Gasteiger partial charge on any atom is 0.416 e. The average molecular weight is 441 g/mol. The number of halogens is 3. The van der Waals surface area contributed by atoms with Crippen LogP contribution in [0.15, 0.2) is 29.6 Å². The molecule has 1 fully saturated rings. The Labute approximate surface area is 175 Å². The lowest BCUT2D eigenvalue weighted by atomic mass is 9.95. The lowest BCUT2D eigenvalue weighted by molar-refractivity contribution is -0.138. The fraction of sp³-hybridized carbons (Fsp3) is 0.450. The second-order valence-electron chi connectivity index (χ2n) is 7.28. The van der Waals surface area contributed by atoms with Crippen LogP contribution in [0.5, 0.6) is 0 Å². The summed E-state index contributed by atoms with van der Waals surface area (Å²) >= 11 is 1.26. The average Bonchev–Trinajstić information content (AvgIpc) is 3.31. The molecule has 1 atom stereocenters. The highest BCUT2D eigenvalue weighted by Gasteiger charge is 2.34. The first kappa shape index (κ1) is 22.1. The molecule has 0 unspecified atom stereocenters. The molecule has 0 saturated carbocycles. The van der Waals surface area contributed by atoms with Crippen LogP contribution in [0.4, 0.5) is 23.1 Å². The van der Waals surface area contributed by atoms with Crippen LogP contribution >= 0.6 is 11.3 Å². The molecule has 0 spiro atoms. The summed E-state index contributed by atoms with van der Waals surface area (Å²) in [4.78, 5) is 28.9. The molecular formula is C20H22F3N3O3S. The molecule has 162 valence electrons. The van der Waals surface area contributed by atoms with Crippen molar-refractivity contribution in [2.75, 3.05) is 18.4 Å². The number of hydrogen-bond acceptors (Lipinski definition) is 4. The topological polar surface area (TPSA) is 82.5 Å². The highest BCUT2D eigenvalue weighted by Crippen LogP contribution is 2.34. The number of thiazole rings is 1. The van der Waals surface area contributed by atoms with Crippen LogP contribution in [-0.2, 0) is 23.8 Å². The molecule has 6 nitrogen and oxygen atoms in total. The Balaban J connectivity index is 1.52. The summed E-state index contributed by atoms with van der Waals surface area (Å²) < 4.78 is 39.5. The SMILES string of the molecule is O=C(O)CCCc1csc(NC(=O)N2CC[C@H](Cc3ccccc3C(F)(F)F)C2)n1. The number of likely N-dealkylation sites (tertiary alicyclic amines) is 1. The zero-order valence-electron chi connectivity index (χ0n) is 16.1. The smallest absolute Gasteiger partial charge is 0.416 e. The maximum atomic E-state index is 13.2. The van der Waals surface area contributed by atoms with E-state index in [1.165, 1.54) is 23.5 Å². The second kappa shape index (κ2) is 9.46. The third kappa shape index (κ3) is 5.94. The van der Waals surface area contributed by atoms with Crippen molar-refractivity contribution in [3.05, 3.63) is 46.5 Å². The maximum absolute atomic E-state index is 13.2. The summed E-state index contributed by atoms with van der Waals surface area (Å²) in [5, 5.41) is 13.6. The Kier molecular flexibility index (Phi) is 6.96. The summed E-state index contributed by atoms with van der Waals surface area (Å²) in [5.41, 5.74) is 0.355. The molecule has 3 rings (SSSR count). The first-order valence-corrected chi connectivity index (χ1v) is 10.5. The third-order valence-electron chi connectivity index (χ3n) is 4.99. The minimum atomic E-state index is -4.39. The van der Waals surface area contributed by atoms with Gasteiger partial charge in [0.15, 0.2) is 5.13 Å². The summed E-state index contributed by atoms with van der Waals surface area (Å²) in [6.45, 7) is 0.858. The molecule has 1 aromatic carbocycles. The first-order chi connectivity index (χ1) is 14.2. The fourth-order valence-corrected chi connectivity index (χ4v) is 4.27. The molecule has 0 aliphatic carbocycles. The number of aliphatic carboxylic acids is 1. The number of carbonyl (C=O) groups excluding carboxylic acids is 1. The van der Waals surface area contributed by atoms with E-state index in [0.717, 1.165) is 11.8 Å². The van der Waals surface area contributed by atoms with Gasteiger partial charge in [-0.25, -0.2) is 9.78 Å². The van der Waals surface area contributed by atoms with Crippen molar-refractivity contribution in [2.45, 2.75) is 38.3 Å². The zero-order valence-corrected chi connectivity index (χ0v) is 16.9. The molecule has 2 amide bonds. The standard InChI is InChI=1S/C20H22F3N3O3S/c21-20(22,23)16-6-2-1-4-14(16)10-13-8-9-26(11-13)19(29)25-18-24-15(12-30-18)5-3-7-17(27)28/h1-2,4,6,12-13H,3,5,7-11H2,(H,27,28)(H,24,25,29)/t13-/m1/s1. The molecule has 2 heterocycles. The van der Waals surface area contributed by atoms with Crippen LogP contribution < -0.4 is 5.32 Å². The highest BCUT2D eigenvalue weighted by atomic mass is 32.1. The van der Waals surface area contributed by atoms with Gasteiger partial charge >= 0.3 is 18.2 Å². The minimum Gasteiger partial charge on any atom is -0.481 e. The number of aromatic nitrogens is 1. The van der Waals surface area contributed by atoms with Gasteiger partial charge < -0.3 is 10.0 Å². The van der Waals surface area contributed by atoms with Crippen molar-refractivity contribution < 1.29 is 27.9 Å². The first-order valence-electron chi connectivity index (χ1n) is 9.59. The van der Waals surface area contributed by atoms with Crippen LogP contribution in [-0.4, -0.2) is 40.1 Å². The number of urea groups is 1. The van der Waals surface area contributed by atoms with E-state index >= 15 is 0 Å². The predicted octanol–water partition coefficient (Wildman–Crippen LogP) is 4.67. The number of nitrogens with one attached hydrogen (secondary N) is 1. The molecule has 1 aliphatic rings. The Morgan fingerprint density at radius 1 is 1.30 bits per heavy atom. The molecule has 1 aliphatic heterocycles. The van der Waals surface area contributed by atoms with Gasteiger partial charge in [-0.3, -0.25) is 10.1 Å². The Morgan fingerprint density at radius 3 is 2.80 bits per heavy atom. The number of carbonyl (C=O) groups is 2. The van der Waals surface area contributed by atoms with Crippen molar-refractivity contribution in [3.63, 3.8) is 0 Å². The van der Waals surface area contributed by atoms with Gasteiger partial charge in [0.25, 0.3) is 0 Å². The number of hydrogen-bond donors (Lipinski definition) is 2. The van der Waals surface area contributed by atoms with Crippen molar-refractivity contribution in [1.82, 2.24) is 9.88 Å². The van der Waals surface area contributed by atoms with Gasteiger partial charge in [-0.15, -0.1) is 11.3 Å². The van der Waals surface area contributed by atoms with Gasteiger partial charge in [-0.2, -0.15) is 13.2 Å². The molecular weight excluding hydrogens is 419 g/mol. The summed E-state index contributed by atoms with van der Waals surface area (Å²) in [6, 6.07) is 5.23. The Hall–Kier alpha value is -2.62. The van der Waals surface area contributed by atoms with Crippen molar-refractivity contribution >= 4 is 28.5 Å². The van der Waals surface area contributed by atoms with E-state index in [0.29, 0.717) is 37.5 Å². The van der Waals surface area contributed by atoms with Crippen molar-refractivity contribution in [1.29, 1.82) is 0 Å². The molecule has 1 aromatic heterocycles. The van der Waals surface area contributed by atoms with Crippen LogP contribution in [0, 0.1) is 5.92 Å². The fourth-order valence-electron chi connectivity index (χ4n) is 3.54. The number of rotatable bonds is 7. The van der Waals surface area contributed by atoms with Crippen molar-refractivity contribution in [3.8, 4) is 0 Å². The van der Waals surface area contributed by atoms with Crippen LogP contribution in [0.3, 0.4) is 0 Å². The number of benzene rings is 1. The van der Waals surface area contributed by atoms with E-state index in [4.69, 9.17) is 5.11 Å². The monoisotopic (exact) mass is 441 g/mol. The molecule has 1 saturated heterocycles. The predicted molar refractivity (Wildman–Crippen MR) is 107 cm³/mol. The Morgan fingerprint density at radius 2 is 2.07 bits per heavy atom. The Bertz CT molecular complexity index is 901. The van der Waals surface area contributed by atoms with E-state index in [1.807, 2.05) is 0 Å². The number of carboxylic acid groups (broad SMARTS) is 1. The normalized spacial score (nSPS) is 16.6. The van der Waals surface area contributed by atoms with Crippen LogP contribution in [0.25, 0.3) is 0 Å². The van der Waals surface area contributed by atoms with E-state index < -0.39 is 17.7 Å². The van der Waals surface area contributed by atoms with Gasteiger partial charge in [-0.05, 0) is 43.2 Å². The van der Waals surface area contributed by atoms with E-state index in [-0.39, 0.29) is 30.4 Å². The number of aryl methyl sites for hydroxylation is 1. The van der Waals surface area contributed by atoms with Gasteiger partial charge in [-0.1, -0.05) is 18.2 Å². The lowest BCUT2D eigenvalue weighted by Crippen LogP contribution is -2.33. The summed E-state index contributed by atoms with van der Waals surface area (Å²) in [6.07, 6.45) is -2.43. The van der Waals surface area contributed by atoms with Gasteiger partial charge in [0, 0.05) is 24.9 Å². The number of carboxylic acids is 1. The molecule has 0 radical (unpaired) electrons. The number of anilines is 1. The van der Waals surface area contributed by atoms with Crippen LogP contribution in [0.1, 0.15) is 36.1 Å². The number of alkyl halides is 3. The third-order valence-corrected chi connectivity index (χ3v) is 5.80. The summed E-state index contributed by atoms with van der Waals surface area (Å²) in [7, 11) is 0. The highest BCUT2D eigenvalue weighted by molar-refractivity contribution is 7.13. The molecule has 2 aromatic rings. The van der Waals surface area contributed by atoms with E-state index in [9.17, 15) is 22.8 Å². The second-order valence-corrected chi connectivity index (χ2v) is 8.14. The molecule has 10 heteroatoms. The van der Waals surface area contributed by atoms with Gasteiger partial charge in [0.1, 0.15) is 0 Å². The quantitative estimate of drug-likeness (QED) is 0.654. The van der Waals surface area contributed by atoms with E-state index in [1.54, 1.807) is 16.3 Å². The zero-order chi connectivity index (χ0) is 21.7. The number of amides is 2. The van der Waals surface area contributed by atoms with Gasteiger partial charge in [0.2, 0.25) is 0 Å². The van der Waals surface area contributed by atoms with Crippen molar-refractivity contribution in [2.24, 2.45) is 5.92 Å². The lowest BCUT2D eigenvalue weighted by Gasteiger charge is -2.18. The van der Waals surface area contributed by atoms with Crippen LogP contribution in [0.2, 0.25) is 0 Å².